The summed E-state index contributed by atoms with van der Waals surface area (Å²) in [6, 6.07) is 14.3. The van der Waals surface area contributed by atoms with Crippen LogP contribution in [0.1, 0.15) is 49.7 Å². The number of nitrogens with one attached hydrogen (secondary N) is 1. The van der Waals surface area contributed by atoms with Gasteiger partial charge in [0.25, 0.3) is 0 Å². The SMILES string of the molecule is N#Cc1cccc([C@]23CCC(N(CCN4CCCC(O)C4)C(=O)Nc4ccc(F)c(Cl)c4)CC2C3)c1. The summed E-state index contributed by atoms with van der Waals surface area (Å²) in [6.45, 7) is 2.81. The maximum Gasteiger partial charge on any atom is 0.322 e. The van der Waals surface area contributed by atoms with Gasteiger partial charge in [-0.15, -0.1) is 0 Å². The van der Waals surface area contributed by atoms with Crippen LogP contribution in [0.3, 0.4) is 0 Å². The van der Waals surface area contributed by atoms with Crippen molar-refractivity contribution >= 4 is 23.3 Å². The monoisotopic (exact) mass is 510 g/mol. The van der Waals surface area contributed by atoms with E-state index in [1.165, 1.54) is 23.8 Å². The van der Waals surface area contributed by atoms with Crippen molar-refractivity contribution < 1.29 is 14.3 Å². The van der Waals surface area contributed by atoms with E-state index in [0.717, 1.165) is 45.1 Å². The van der Waals surface area contributed by atoms with Gasteiger partial charge >= 0.3 is 6.03 Å². The third-order valence-corrected chi connectivity index (χ3v) is 8.58. The van der Waals surface area contributed by atoms with Crippen LogP contribution in [0.15, 0.2) is 42.5 Å². The molecule has 8 heteroatoms. The van der Waals surface area contributed by atoms with Gasteiger partial charge in [-0.05, 0) is 92.3 Å². The van der Waals surface area contributed by atoms with Crippen molar-refractivity contribution in [1.82, 2.24) is 9.80 Å². The molecule has 2 aromatic carbocycles. The van der Waals surface area contributed by atoms with Crippen molar-refractivity contribution in [3.63, 3.8) is 0 Å². The van der Waals surface area contributed by atoms with Crippen molar-refractivity contribution in [2.45, 2.75) is 56.1 Å². The molecule has 4 atom stereocenters. The summed E-state index contributed by atoms with van der Waals surface area (Å²) in [5.41, 5.74) is 2.52. The number of nitrogens with zero attached hydrogens (tertiary/aromatic N) is 3. The number of fused-ring (bicyclic) bond motifs is 1. The van der Waals surface area contributed by atoms with Crippen LogP contribution in [0.4, 0.5) is 14.9 Å². The molecule has 1 saturated heterocycles. The molecule has 2 N–H and O–H groups in total. The van der Waals surface area contributed by atoms with Crippen molar-refractivity contribution in [3.8, 4) is 6.07 Å². The smallest absolute Gasteiger partial charge is 0.322 e. The highest BCUT2D eigenvalue weighted by atomic mass is 35.5. The summed E-state index contributed by atoms with van der Waals surface area (Å²) in [6.07, 6.45) is 5.33. The maximum atomic E-state index is 13.6. The minimum atomic E-state index is -0.520. The normalized spacial score (nSPS) is 27.6. The lowest BCUT2D eigenvalue weighted by Crippen LogP contribution is -2.50. The van der Waals surface area contributed by atoms with Crippen LogP contribution in [0.5, 0.6) is 0 Å². The highest BCUT2D eigenvalue weighted by Crippen LogP contribution is 2.62. The van der Waals surface area contributed by atoms with E-state index in [-0.39, 0.29) is 28.6 Å². The lowest BCUT2D eigenvalue weighted by atomic mass is 9.80. The first-order valence-electron chi connectivity index (χ1n) is 12.8. The first-order chi connectivity index (χ1) is 17.4. The Balaban J connectivity index is 1.30. The van der Waals surface area contributed by atoms with E-state index in [2.05, 4.69) is 22.4 Å². The summed E-state index contributed by atoms with van der Waals surface area (Å²) in [7, 11) is 0. The zero-order valence-corrected chi connectivity index (χ0v) is 21.1. The number of amides is 2. The van der Waals surface area contributed by atoms with Gasteiger partial charge in [-0.2, -0.15) is 5.26 Å². The Labute approximate surface area is 216 Å². The molecular weight excluding hydrogens is 479 g/mol. The fraction of sp³-hybridized carbons (Fsp3) is 0.500. The van der Waals surface area contributed by atoms with E-state index in [0.29, 0.717) is 36.8 Å². The summed E-state index contributed by atoms with van der Waals surface area (Å²) >= 11 is 5.93. The van der Waals surface area contributed by atoms with Crippen LogP contribution in [0, 0.1) is 23.1 Å². The highest BCUT2D eigenvalue weighted by molar-refractivity contribution is 6.31. The number of halogens is 2. The van der Waals surface area contributed by atoms with Crippen LogP contribution >= 0.6 is 11.6 Å². The minimum absolute atomic E-state index is 0.0262. The molecule has 6 nitrogen and oxygen atoms in total. The van der Waals surface area contributed by atoms with E-state index >= 15 is 0 Å². The molecule has 190 valence electrons. The Hall–Kier alpha value is -2.66. The summed E-state index contributed by atoms with van der Waals surface area (Å²) in [5, 5.41) is 22.3. The average molecular weight is 511 g/mol. The fourth-order valence-electron chi connectivity index (χ4n) is 6.25. The Bertz CT molecular complexity index is 1170. The van der Waals surface area contributed by atoms with Gasteiger partial charge in [0.15, 0.2) is 0 Å². The number of carbonyl (C=O) groups is 1. The number of aliphatic hydroxyl groups excluding tert-OH is 1. The van der Waals surface area contributed by atoms with E-state index in [9.17, 15) is 19.6 Å². The molecule has 1 aliphatic heterocycles. The second-order valence-corrected chi connectivity index (χ2v) is 10.9. The number of piperidine rings is 1. The molecule has 2 aromatic rings. The Kier molecular flexibility index (Phi) is 7.21. The van der Waals surface area contributed by atoms with Crippen molar-refractivity contribution in [3.05, 3.63) is 64.4 Å². The molecule has 0 bridgehead atoms. The number of β-amino-alcohol motifs (C(OH)–C–C–N with tert-alkyl or cyclic N) is 1. The number of nitriles is 1. The Morgan fingerprint density at radius 2 is 2.17 bits per heavy atom. The van der Waals surface area contributed by atoms with Crippen LogP contribution in [0.25, 0.3) is 0 Å². The molecular formula is C28H32ClFN4O2. The molecule has 0 radical (unpaired) electrons. The van der Waals surface area contributed by atoms with Gasteiger partial charge in [0, 0.05) is 31.4 Å². The van der Waals surface area contributed by atoms with E-state index in [1.807, 2.05) is 23.1 Å². The molecule has 2 aliphatic carbocycles. The molecule has 3 fully saturated rings. The summed E-state index contributed by atoms with van der Waals surface area (Å²) in [4.78, 5) is 17.6. The standard InChI is InChI=1S/C28H32ClFN4O2/c29-25-15-22(6-7-26(25)30)32-27(36)34(12-11-33-10-2-5-24(35)18-33)23-8-9-28(16-21(28)14-23)20-4-1-3-19(13-20)17-31/h1,3-4,6-7,13,15,21,23-24,35H,2,5,8-12,14,16,18H2,(H,32,36)/t21?,23?,24?,28-/m1/s1. The molecule has 3 aliphatic rings. The summed E-state index contributed by atoms with van der Waals surface area (Å²) in [5.74, 6) is -0.0365. The van der Waals surface area contributed by atoms with E-state index in [4.69, 9.17) is 11.6 Å². The maximum absolute atomic E-state index is 13.6. The zero-order valence-electron chi connectivity index (χ0n) is 20.3. The van der Waals surface area contributed by atoms with Gasteiger partial charge in [-0.1, -0.05) is 23.7 Å². The lowest BCUT2D eigenvalue weighted by Gasteiger charge is -2.39. The van der Waals surface area contributed by atoms with Crippen LogP contribution < -0.4 is 5.32 Å². The van der Waals surface area contributed by atoms with Gasteiger partial charge in [-0.25, -0.2) is 9.18 Å². The van der Waals surface area contributed by atoms with Gasteiger partial charge < -0.3 is 15.3 Å². The van der Waals surface area contributed by atoms with Gasteiger partial charge in [0.2, 0.25) is 0 Å². The van der Waals surface area contributed by atoms with Gasteiger partial charge in [0.1, 0.15) is 5.82 Å². The molecule has 3 unspecified atom stereocenters. The first kappa shape index (κ1) is 25.0. The van der Waals surface area contributed by atoms with Crippen molar-refractivity contribution in [1.29, 1.82) is 5.26 Å². The topological polar surface area (TPSA) is 79.6 Å². The number of anilines is 1. The molecule has 0 aromatic heterocycles. The number of hydrogen-bond donors (Lipinski definition) is 2. The van der Waals surface area contributed by atoms with Crippen LogP contribution in [-0.2, 0) is 5.41 Å². The quantitative estimate of drug-likeness (QED) is 0.563. The molecule has 2 amide bonds. The predicted molar refractivity (Wildman–Crippen MR) is 137 cm³/mol. The average Bonchev–Trinajstić information content (AvgIpc) is 3.62. The second-order valence-electron chi connectivity index (χ2n) is 10.5. The number of benzene rings is 2. The van der Waals surface area contributed by atoms with Crippen LogP contribution in [-0.4, -0.2) is 59.3 Å². The molecule has 2 saturated carbocycles. The fourth-order valence-corrected chi connectivity index (χ4v) is 6.43. The van der Waals surface area contributed by atoms with E-state index in [1.54, 1.807) is 0 Å². The highest BCUT2D eigenvalue weighted by Gasteiger charge is 2.58. The van der Waals surface area contributed by atoms with Crippen LogP contribution in [0.2, 0.25) is 5.02 Å². The number of urea groups is 1. The van der Waals surface area contributed by atoms with Crippen molar-refractivity contribution in [2.75, 3.05) is 31.5 Å². The Morgan fingerprint density at radius 1 is 1.31 bits per heavy atom. The number of hydrogen-bond acceptors (Lipinski definition) is 4. The lowest BCUT2D eigenvalue weighted by molar-refractivity contribution is 0.0626. The summed E-state index contributed by atoms with van der Waals surface area (Å²) < 4.78 is 13.6. The third kappa shape index (κ3) is 5.22. The number of rotatable bonds is 6. The Morgan fingerprint density at radius 3 is 2.92 bits per heavy atom. The van der Waals surface area contributed by atoms with Gasteiger partial charge in [0.05, 0.1) is 22.8 Å². The first-order valence-corrected chi connectivity index (χ1v) is 13.2. The minimum Gasteiger partial charge on any atom is -0.392 e. The largest absolute Gasteiger partial charge is 0.392 e. The molecule has 5 rings (SSSR count). The number of aliphatic hydroxyl groups is 1. The third-order valence-electron chi connectivity index (χ3n) is 8.29. The number of likely N-dealkylation sites (tertiary alicyclic amines) is 1. The molecule has 36 heavy (non-hydrogen) atoms. The predicted octanol–water partition coefficient (Wildman–Crippen LogP) is 5.15. The zero-order chi connectivity index (χ0) is 25.3. The van der Waals surface area contributed by atoms with E-state index < -0.39 is 5.82 Å². The second kappa shape index (κ2) is 10.4. The molecule has 0 spiro atoms. The number of carbonyl (C=O) groups excluding carboxylic acids is 1. The van der Waals surface area contributed by atoms with Crippen molar-refractivity contribution in [2.24, 2.45) is 5.92 Å². The molecule has 1 heterocycles. The van der Waals surface area contributed by atoms with Gasteiger partial charge in [-0.3, -0.25) is 4.90 Å².